The molecule has 82 valence electrons. The minimum atomic E-state index is 0.0771. The molecule has 0 aliphatic carbocycles. The van der Waals surface area contributed by atoms with Gasteiger partial charge in [0.1, 0.15) is 0 Å². The van der Waals surface area contributed by atoms with Crippen molar-refractivity contribution in [2.75, 3.05) is 5.73 Å². The van der Waals surface area contributed by atoms with Crippen molar-refractivity contribution >= 4 is 11.6 Å². The zero-order valence-corrected chi connectivity index (χ0v) is 9.29. The normalized spacial score (nSPS) is 10.3. The third-order valence-electron chi connectivity index (χ3n) is 2.12. The van der Waals surface area contributed by atoms with Gasteiger partial charge < -0.3 is 11.1 Å². The molecular weight excluding hydrogens is 188 g/mol. The molecule has 0 unspecified atom stereocenters. The van der Waals surface area contributed by atoms with Crippen LogP contribution in [0.5, 0.6) is 0 Å². The highest BCUT2D eigenvalue weighted by Crippen LogP contribution is 2.09. The van der Waals surface area contributed by atoms with Crippen LogP contribution in [-0.2, 0) is 11.3 Å². The Kier molecular flexibility index (Phi) is 4.16. The Balaban J connectivity index is 2.44. The molecule has 0 spiro atoms. The molecule has 0 aliphatic heterocycles. The maximum absolute atomic E-state index is 11.4. The number of nitrogens with two attached hydrogens (primary N) is 1. The minimum Gasteiger partial charge on any atom is -0.398 e. The summed E-state index contributed by atoms with van der Waals surface area (Å²) >= 11 is 0. The second-order valence-corrected chi connectivity index (χ2v) is 4.07. The molecule has 3 N–H and O–H groups in total. The van der Waals surface area contributed by atoms with Gasteiger partial charge in [0.25, 0.3) is 0 Å². The van der Waals surface area contributed by atoms with Gasteiger partial charge in [0.05, 0.1) is 0 Å². The molecule has 3 heteroatoms. The van der Waals surface area contributed by atoms with E-state index in [-0.39, 0.29) is 5.91 Å². The molecule has 0 heterocycles. The first kappa shape index (κ1) is 11.6. The lowest BCUT2D eigenvalue weighted by Gasteiger charge is -2.08. The molecule has 0 aliphatic rings. The van der Waals surface area contributed by atoms with Crippen LogP contribution in [0.4, 0.5) is 5.69 Å². The summed E-state index contributed by atoms with van der Waals surface area (Å²) in [5.74, 6) is 0.464. The number of carbonyl (C=O) groups excluding carboxylic acids is 1. The summed E-state index contributed by atoms with van der Waals surface area (Å²) in [6.07, 6.45) is 0.562. The van der Waals surface area contributed by atoms with Crippen LogP contribution in [0, 0.1) is 5.92 Å². The third kappa shape index (κ3) is 4.02. The zero-order valence-electron chi connectivity index (χ0n) is 9.29. The maximum Gasteiger partial charge on any atom is 0.220 e. The van der Waals surface area contributed by atoms with Crippen LogP contribution in [-0.4, -0.2) is 5.91 Å². The van der Waals surface area contributed by atoms with Crippen LogP contribution >= 0.6 is 0 Å². The van der Waals surface area contributed by atoms with Gasteiger partial charge in [0.15, 0.2) is 0 Å². The lowest BCUT2D eigenvalue weighted by atomic mass is 10.1. The van der Waals surface area contributed by atoms with E-state index in [0.717, 1.165) is 11.3 Å². The van der Waals surface area contributed by atoms with E-state index >= 15 is 0 Å². The first-order valence-corrected chi connectivity index (χ1v) is 5.19. The SMILES string of the molecule is CC(C)CC(=O)NCc1ccccc1N. The van der Waals surface area contributed by atoms with Crippen LogP contribution in [0.15, 0.2) is 24.3 Å². The fourth-order valence-electron chi connectivity index (χ4n) is 1.33. The van der Waals surface area contributed by atoms with E-state index in [1.165, 1.54) is 0 Å². The quantitative estimate of drug-likeness (QED) is 0.740. The minimum absolute atomic E-state index is 0.0771. The number of nitrogen functional groups attached to an aromatic ring is 1. The van der Waals surface area contributed by atoms with Gasteiger partial charge in [0, 0.05) is 18.7 Å². The molecule has 1 rings (SSSR count). The van der Waals surface area contributed by atoms with Crippen LogP contribution in [0.2, 0.25) is 0 Å². The van der Waals surface area contributed by atoms with Crippen molar-refractivity contribution < 1.29 is 4.79 Å². The summed E-state index contributed by atoms with van der Waals surface area (Å²) in [4.78, 5) is 11.4. The predicted molar refractivity (Wildman–Crippen MR) is 62.2 cm³/mol. The van der Waals surface area contributed by atoms with Crippen molar-refractivity contribution in [3.8, 4) is 0 Å². The van der Waals surface area contributed by atoms with Gasteiger partial charge in [-0.1, -0.05) is 32.0 Å². The largest absolute Gasteiger partial charge is 0.398 e. The summed E-state index contributed by atoms with van der Waals surface area (Å²) in [7, 11) is 0. The van der Waals surface area contributed by atoms with Crippen molar-refractivity contribution in [1.29, 1.82) is 0 Å². The number of benzene rings is 1. The smallest absolute Gasteiger partial charge is 0.220 e. The number of rotatable bonds is 4. The zero-order chi connectivity index (χ0) is 11.3. The Morgan fingerprint density at radius 1 is 1.40 bits per heavy atom. The molecular formula is C12H18N2O. The monoisotopic (exact) mass is 206 g/mol. The Morgan fingerprint density at radius 3 is 2.67 bits per heavy atom. The van der Waals surface area contributed by atoms with Gasteiger partial charge in [-0.3, -0.25) is 4.79 Å². The summed E-state index contributed by atoms with van der Waals surface area (Å²) < 4.78 is 0. The third-order valence-corrected chi connectivity index (χ3v) is 2.12. The number of carbonyl (C=O) groups is 1. The predicted octanol–water partition coefficient (Wildman–Crippen LogP) is 1.93. The molecule has 0 saturated heterocycles. The van der Waals surface area contributed by atoms with Crippen molar-refractivity contribution in [2.24, 2.45) is 5.92 Å². The second kappa shape index (κ2) is 5.39. The fourth-order valence-corrected chi connectivity index (χ4v) is 1.33. The number of amides is 1. The van der Waals surface area contributed by atoms with Gasteiger partial charge in [-0.2, -0.15) is 0 Å². The Morgan fingerprint density at radius 2 is 2.07 bits per heavy atom. The van der Waals surface area contributed by atoms with Gasteiger partial charge in [-0.05, 0) is 17.5 Å². The number of hydrogen-bond donors (Lipinski definition) is 2. The Labute approximate surface area is 90.7 Å². The van der Waals surface area contributed by atoms with E-state index in [4.69, 9.17) is 5.73 Å². The molecule has 1 aromatic rings. The van der Waals surface area contributed by atoms with Gasteiger partial charge in [-0.15, -0.1) is 0 Å². The Bertz CT molecular complexity index is 334. The highest BCUT2D eigenvalue weighted by atomic mass is 16.1. The molecule has 3 nitrogen and oxygen atoms in total. The van der Waals surface area contributed by atoms with E-state index in [9.17, 15) is 4.79 Å². The first-order valence-electron chi connectivity index (χ1n) is 5.19. The van der Waals surface area contributed by atoms with Crippen LogP contribution in [0.1, 0.15) is 25.8 Å². The average Bonchev–Trinajstić information content (AvgIpc) is 2.15. The van der Waals surface area contributed by atoms with Gasteiger partial charge >= 0.3 is 0 Å². The van der Waals surface area contributed by atoms with E-state index in [0.29, 0.717) is 18.9 Å². The molecule has 0 aromatic heterocycles. The van der Waals surface area contributed by atoms with Crippen LogP contribution in [0.3, 0.4) is 0 Å². The summed E-state index contributed by atoms with van der Waals surface area (Å²) in [5.41, 5.74) is 7.45. The lowest BCUT2D eigenvalue weighted by Crippen LogP contribution is -2.24. The topological polar surface area (TPSA) is 55.1 Å². The van der Waals surface area contributed by atoms with Crippen LogP contribution < -0.4 is 11.1 Å². The number of hydrogen-bond acceptors (Lipinski definition) is 2. The van der Waals surface area contributed by atoms with Crippen molar-refractivity contribution in [1.82, 2.24) is 5.32 Å². The molecule has 1 aromatic carbocycles. The van der Waals surface area contributed by atoms with Gasteiger partial charge in [-0.25, -0.2) is 0 Å². The van der Waals surface area contributed by atoms with Crippen molar-refractivity contribution in [2.45, 2.75) is 26.8 Å². The first-order chi connectivity index (χ1) is 7.09. The lowest BCUT2D eigenvalue weighted by molar-refractivity contribution is -0.121. The molecule has 0 atom stereocenters. The maximum atomic E-state index is 11.4. The molecule has 0 radical (unpaired) electrons. The molecule has 0 fully saturated rings. The number of para-hydroxylation sites is 1. The van der Waals surface area contributed by atoms with E-state index in [2.05, 4.69) is 5.32 Å². The fraction of sp³-hybridized carbons (Fsp3) is 0.417. The molecule has 15 heavy (non-hydrogen) atoms. The summed E-state index contributed by atoms with van der Waals surface area (Å²) in [6.45, 7) is 4.56. The highest BCUT2D eigenvalue weighted by Gasteiger charge is 2.04. The highest BCUT2D eigenvalue weighted by molar-refractivity contribution is 5.76. The van der Waals surface area contributed by atoms with E-state index < -0.39 is 0 Å². The standard InChI is InChI=1S/C12H18N2O/c1-9(2)7-12(15)14-8-10-5-3-4-6-11(10)13/h3-6,9H,7-8,13H2,1-2H3,(H,14,15). The van der Waals surface area contributed by atoms with Gasteiger partial charge in [0.2, 0.25) is 5.91 Å². The molecule has 0 saturated carbocycles. The van der Waals surface area contributed by atoms with Crippen molar-refractivity contribution in [3.05, 3.63) is 29.8 Å². The van der Waals surface area contributed by atoms with Crippen molar-refractivity contribution in [3.63, 3.8) is 0 Å². The number of anilines is 1. The summed E-state index contributed by atoms with van der Waals surface area (Å²) in [5, 5.41) is 2.85. The molecule has 1 amide bonds. The summed E-state index contributed by atoms with van der Waals surface area (Å²) in [6, 6.07) is 7.56. The second-order valence-electron chi connectivity index (χ2n) is 4.07. The average molecular weight is 206 g/mol. The van der Waals surface area contributed by atoms with Crippen LogP contribution in [0.25, 0.3) is 0 Å². The number of nitrogens with one attached hydrogen (secondary N) is 1. The van der Waals surface area contributed by atoms with E-state index in [1.807, 2.05) is 38.1 Å². The Hall–Kier alpha value is -1.51. The molecule has 0 bridgehead atoms. The van der Waals surface area contributed by atoms with E-state index in [1.54, 1.807) is 0 Å².